The molecule has 10 heteroatoms. The van der Waals surface area contributed by atoms with Gasteiger partial charge in [0, 0.05) is 23.2 Å². The first kappa shape index (κ1) is 26.6. The highest BCUT2D eigenvalue weighted by Crippen LogP contribution is 2.71. The van der Waals surface area contributed by atoms with Gasteiger partial charge in [-0.05, 0) is 72.0 Å². The van der Waals surface area contributed by atoms with Crippen molar-refractivity contribution in [1.29, 1.82) is 0 Å². The number of aliphatic hydroxyl groups excluding tert-OH is 2. The lowest BCUT2D eigenvalue weighted by molar-refractivity contribution is -0.225. The van der Waals surface area contributed by atoms with Gasteiger partial charge in [-0.25, -0.2) is 8.78 Å². The maximum atomic E-state index is 17.2. The molecule has 4 aliphatic carbocycles. The third-order valence-electron chi connectivity index (χ3n) is 9.58. The van der Waals surface area contributed by atoms with Gasteiger partial charge in [-0.15, -0.1) is 0 Å². The van der Waals surface area contributed by atoms with E-state index in [1.165, 1.54) is 13.0 Å². The van der Waals surface area contributed by atoms with E-state index in [1.54, 1.807) is 13.8 Å². The Hall–Kier alpha value is -1.49. The summed E-state index contributed by atoms with van der Waals surface area (Å²) < 4.78 is 32.8. The van der Waals surface area contributed by atoms with E-state index >= 15 is 8.78 Å². The van der Waals surface area contributed by atoms with Crippen LogP contribution in [0.2, 0.25) is 0 Å². The summed E-state index contributed by atoms with van der Waals surface area (Å²) in [6.07, 6.45) is -4.09. The van der Waals surface area contributed by atoms with Crippen LogP contribution in [-0.4, -0.2) is 67.6 Å². The van der Waals surface area contributed by atoms with Crippen LogP contribution < -0.4 is 0 Å². The zero-order chi connectivity index (χ0) is 26.3. The van der Waals surface area contributed by atoms with E-state index < -0.39 is 88.6 Å². The van der Waals surface area contributed by atoms with Gasteiger partial charge in [-0.1, -0.05) is 19.9 Å². The van der Waals surface area contributed by atoms with Crippen LogP contribution in [0.25, 0.3) is 0 Å². The van der Waals surface area contributed by atoms with Crippen molar-refractivity contribution in [3.05, 3.63) is 22.2 Å². The standard InChI is InChI=1S/C25H31BrF2O7/c1-11-6-12-13-7-16(27)14-8-18(30)15(26)9-22(14,2)24(13,28)19(31)10-23(12,3)25(11,35)21(34)17(29)4-5-20(32)33/h8-9,11-13,16-17,19,29,31,35H,4-7,10H2,1-3H3,(H,32,33)/t11-,12-,13-,16+,17?,19-,22-,23-,24-,25-/m0/s1. The minimum absolute atomic E-state index is 0.0337. The summed E-state index contributed by atoms with van der Waals surface area (Å²) >= 11 is 3.13. The average molecular weight is 561 g/mol. The number of hydrogen-bond donors (Lipinski definition) is 4. The largest absolute Gasteiger partial charge is 0.481 e. The summed E-state index contributed by atoms with van der Waals surface area (Å²) in [6, 6.07) is 0. The molecule has 3 saturated carbocycles. The lowest BCUT2D eigenvalue weighted by atomic mass is 9.44. The van der Waals surface area contributed by atoms with Crippen molar-refractivity contribution in [2.75, 3.05) is 0 Å². The molecule has 7 nitrogen and oxygen atoms in total. The number of rotatable bonds is 5. The Morgan fingerprint density at radius 3 is 2.49 bits per heavy atom. The maximum Gasteiger partial charge on any atom is 0.303 e. The van der Waals surface area contributed by atoms with Gasteiger partial charge >= 0.3 is 5.97 Å². The Kier molecular flexibility index (Phi) is 6.27. The van der Waals surface area contributed by atoms with E-state index in [2.05, 4.69) is 15.9 Å². The fourth-order valence-corrected chi connectivity index (χ4v) is 8.34. The van der Waals surface area contributed by atoms with Gasteiger partial charge in [0.1, 0.15) is 17.9 Å². The monoisotopic (exact) mass is 560 g/mol. The summed E-state index contributed by atoms with van der Waals surface area (Å²) in [7, 11) is 0. The first-order valence-corrected chi connectivity index (χ1v) is 12.7. The molecule has 0 spiro atoms. The summed E-state index contributed by atoms with van der Waals surface area (Å²) in [5.41, 5.74) is -7.59. The number of aliphatic hydroxyl groups is 3. The van der Waals surface area contributed by atoms with Crippen molar-refractivity contribution in [3.8, 4) is 0 Å². The number of aliphatic carboxylic acids is 1. The van der Waals surface area contributed by atoms with E-state index in [4.69, 9.17) is 5.11 Å². The summed E-state index contributed by atoms with van der Waals surface area (Å²) in [5.74, 6) is -5.20. The molecular weight excluding hydrogens is 530 g/mol. The SMILES string of the molecule is C[C@H]1C[C@H]2[C@@H]3C[C@@H](F)C4=CC(=O)C(Br)=C[C@]4(C)[C@@]3(F)[C@@H](O)C[C@]2(C)[C@@]1(O)C(=O)C(O)CCC(=O)O. The lowest BCUT2D eigenvalue weighted by Crippen LogP contribution is -2.71. The second-order valence-electron chi connectivity index (χ2n) is 11.2. The van der Waals surface area contributed by atoms with Gasteiger partial charge in [-0.2, -0.15) is 0 Å². The van der Waals surface area contributed by atoms with Crippen molar-refractivity contribution in [2.45, 2.75) is 82.5 Å². The summed E-state index contributed by atoms with van der Waals surface area (Å²) in [4.78, 5) is 36.4. The quantitative estimate of drug-likeness (QED) is 0.406. The minimum Gasteiger partial charge on any atom is -0.481 e. The molecule has 0 bridgehead atoms. The lowest BCUT2D eigenvalue weighted by Gasteiger charge is -2.63. The van der Waals surface area contributed by atoms with Crippen LogP contribution in [-0.2, 0) is 14.4 Å². The average Bonchev–Trinajstić information content (AvgIpc) is 2.97. The number of carbonyl (C=O) groups is 3. The third-order valence-corrected chi connectivity index (χ3v) is 10.2. The zero-order valence-corrected chi connectivity index (χ0v) is 21.4. The molecule has 0 aromatic rings. The van der Waals surface area contributed by atoms with E-state index in [0.29, 0.717) is 0 Å². The number of ketones is 2. The number of allylic oxidation sites excluding steroid dienone is 4. The zero-order valence-electron chi connectivity index (χ0n) is 19.8. The molecule has 194 valence electrons. The van der Waals surface area contributed by atoms with Crippen molar-refractivity contribution in [3.63, 3.8) is 0 Å². The molecule has 4 aliphatic rings. The number of carboxylic acids is 1. The molecule has 4 rings (SSSR count). The number of halogens is 3. The smallest absolute Gasteiger partial charge is 0.303 e. The number of hydrogen-bond acceptors (Lipinski definition) is 6. The highest BCUT2D eigenvalue weighted by Gasteiger charge is 2.77. The first-order chi connectivity index (χ1) is 16.1. The molecule has 35 heavy (non-hydrogen) atoms. The Balaban J connectivity index is 1.78. The Labute approximate surface area is 210 Å². The van der Waals surface area contributed by atoms with Gasteiger partial charge in [0.25, 0.3) is 0 Å². The summed E-state index contributed by atoms with van der Waals surface area (Å²) in [6.45, 7) is 4.61. The Bertz CT molecular complexity index is 1040. The predicted molar refractivity (Wildman–Crippen MR) is 124 cm³/mol. The molecule has 3 fully saturated rings. The Morgan fingerprint density at radius 2 is 1.89 bits per heavy atom. The van der Waals surface area contributed by atoms with Crippen LogP contribution >= 0.6 is 15.9 Å². The number of Topliss-reactive ketones (excluding diaryl/α,β-unsaturated/α-hetero) is 1. The van der Waals surface area contributed by atoms with Crippen LogP contribution in [0, 0.1) is 28.6 Å². The molecule has 0 aliphatic heterocycles. The molecular formula is C25H31BrF2O7. The molecule has 1 unspecified atom stereocenters. The van der Waals surface area contributed by atoms with Crippen molar-refractivity contribution < 1.29 is 43.6 Å². The van der Waals surface area contributed by atoms with Gasteiger partial charge in [0.05, 0.1) is 10.6 Å². The van der Waals surface area contributed by atoms with Gasteiger partial charge in [-0.3, -0.25) is 14.4 Å². The highest BCUT2D eigenvalue weighted by molar-refractivity contribution is 9.12. The van der Waals surface area contributed by atoms with Crippen molar-refractivity contribution in [1.82, 2.24) is 0 Å². The second-order valence-corrected chi connectivity index (χ2v) is 12.1. The second kappa shape index (κ2) is 8.26. The molecule has 4 N–H and O–H groups in total. The van der Waals surface area contributed by atoms with Crippen molar-refractivity contribution >= 4 is 33.5 Å². The van der Waals surface area contributed by atoms with Crippen LogP contribution in [0.3, 0.4) is 0 Å². The van der Waals surface area contributed by atoms with Gasteiger partial charge in [0.2, 0.25) is 0 Å². The van der Waals surface area contributed by atoms with Crippen LogP contribution in [0.5, 0.6) is 0 Å². The predicted octanol–water partition coefficient (Wildman–Crippen LogP) is 2.80. The number of alkyl halides is 2. The van der Waals surface area contributed by atoms with Gasteiger partial charge in [0.15, 0.2) is 17.2 Å². The van der Waals surface area contributed by atoms with E-state index in [1.807, 2.05) is 0 Å². The maximum absolute atomic E-state index is 17.2. The number of fused-ring (bicyclic) bond motifs is 5. The highest BCUT2D eigenvalue weighted by atomic mass is 79.9. The molecule has 0 amide bonds. The van der Waals surface area contributed by atoms with E-state index in [0.717, 1.165) is 6.08 Å². The first-order valence-electron chi connectivity index (χ1n) is 11.9. The molecule has 0 aromatic heterocycles. The van der Waals surface area contributed by atoms with Crippen LogP contribution in [0.15, 0.2) is 22.2 Å². The molecule has 0 heterocycles. The van der Waals surface area contributed by atoms with Crippen molar-refractivity contribution in [2.24, 2.45) is 28.6 Å². The Morgan fingerprint density at radius 1 is 1.26 bits per heavy atom. The molecule has 10 atom stereocenters. The topological polar surface area (TPSA) is 132 Å². The number of carbonyl (C=O) groups excluding carboxylic acids is 2. The summed E-state index contributed by atoms with van der Waals surface area (Å²) in [5, 5.41) is 42.4. The molecule has 0 radical (unpaired) electrons. The van der Waals surface area contributed by atoms with Gasteiger partial charge < -0.3 is 20.4 Å². The third kappa shape index (κ3) is 3.32. The molecule has 0 saturated heterocycles. The molecule has 0 aromatic carbocycles. The normalized spacial score (nSPS) is 47.7. The van der Waals surface area contributed by atoms with Crippen LogP contribution in [0.4, 0.5) is 8.78 Å². The number of carboxylic acid groups (broad SMARTS) is 1. The van der Waals surface area contributed by atoms with E-state index in [-0.39, 0.29) is 29.3 Å². The fraction of sp³-hybridized carbons (Fsp3) is 0.720. The fourth-order valence-electron chi connectivity index (χ4n) is 7.76. The minimum atomic E-state index is -2.37. The van der Waals surface area contributed by atoms with E-state index in [9.17, 15) is 29.7 Å². The van der Waals surface area contributed by atoms with Crippen LogP contribution in [0.1, 0.15) is 52.9 Å².